The molecule has 8 nitrogen and oxygen atoms in total. The van der Waals surface area contributed by atoms with E-state index in [2.05, 4.69) is 28.9 Å². The summed E-state index contributed by atoms with van der Waals surface area (Å²) >= 11 is 5.45. The number of carboxylic acids is 2. The monoisotopic (exact) mass is 381 g/mol. The van der Waals surface area contributed by atoms with Crippen LogP contribution < -0.4 is 4.74 Å². The van der Waals surface area contributed by atoms with Gasteiger partial charge in [-0.3, -0.25) is 4.98 Å². The standard InChI is InChI=1S/C13H19N3OS.C4H4O4/c1-15(2)7-5-10-9-16(3)13(18)11-8-14-6-4-12(11)17-10;5-3(6)1-2-4(7)8/h4,6,8,10H,5,7,9H2,1-3H3;1-2H,(H,5,6)(H,7,8). The fourth-order valence-corrected chi connectivity index (χ4v) is 2.38. The lowest BCUT2D eigenvalue weighted by molar-refractivity contribution is -0.134. The van der Waals surface area contributed by atoms with Gasteiger partial charge >= 0.3 is 11.9 Å². The van der Waals surface area contributed by atoms with Crippen molar-refractivity contribution in [2.75, 3.05) is 34.2 Å². The van der Waals surface area contributed by atoms with Gasteiger partial charge in [-0.05, 0) is 26.6 Å². The molecule has 1 aliphatic rings. The van der Waals surface area contributed by atoms with E-state index < -0.39 is 11.9 Å². The first-order valence-electron chi connectivity index (χ1n) is 7.85. The average Bonchev–Trinajstić information content (AvgIpc) is 2.69. The van der Waals surface area contributed by atoms with E-state index in [1.807, 2.05) is 13.1 Å². The van der Waals surface area contributed by atoms with E-state index in [1.165, 1.54) is 0 Å². The summed E-state index contributed by atoms with van der Waals surface area (Å²) in [6.45, 7) is 1.83. The molecular formula is C17H23N3O5S. The molecule has 1 unspecified atom stereocenters. The highest BCUT2D eigenvalue weighted by atomic mass is 32.1. The van der Waals surface area contributed by atoms with Gasteiger partial charge in [0.25, 0.3) is 0 Å². The summed E-state index contributed by atoms with van der Waals surface area (Å²) in [5.41, 5.74) is 0.919. The highest BCUT2D eigenvalue weighted by molar-refractivity contribution is 7.80. The number of aliphatic carboxylic acids is 2. The summed E-state index contributed by atoms with van der Waals surface area (Å²) in [6.07, 6.45) is 5.80. The Balaban J connectivity index is 0.000000359. The predicted octanol–water partition coefficient (Wildman–Crippen LogP) is 1.11. The number of pyridine rings is 1. The molecule has 2 heterocycles. The molecule has 1 atom stereocenters. The maximum Gasteiger partial charge on any atom is 0.328 e. The number of rotatable bonds is 5. The smallest absolute Gasteiger partial charge is 0.328 e. The fraction of sp³-hybridized carbons (Fsp3) is 0.412. The lowest BCUT2D eigenvalue weighted by Gasteiger charge is -2.22. The average molecular weight is 381 g/mol. The second-order valence-corrected chi connectivity index (χ2v) is 6.29. The van der Waals surface area contributed by atoms with Gasteiger partial charge in [0.1, 0.15) is 16.8 Å². The Kier molecular flexibility index (Phi) is 8.66. The van der Waals surface area contributed by atoms with Crippen molar-refractivity contribution in [3.63, 3.8) is 0 Å². The molecule has 0 saturated carbocycles. The van der Waals surface area contributed by atoms with Crippen molar-refractivity contribution >= 4 is 29.1 Å². The summed E-state index contributed by atoms with van der Waals surface area (Å²) in [6, 6.07) is 1.89. The highest BCUT2D eigenvalue weighted by Crippen LogP contribution is 2.24. The van der Waals surface area contributed by atoms with Crippen molar-refractivity contribution in [2.24, 2.45) is 0 Å². The zero-order valence-electron chi connectivity index (χ0n) is 15.0. The lowest BCUT2D eigenvalue weighted by atomic mass is 10.2. The number of fused-ring (bicyclic) bond motifs is 1. The van der Waals surface area contributed by atoms with E-state index >= 15 is 0 Å². The predicted molar refractivity (Wildman–Crippen MR) is 101 cm³/mol. The second-order valence-electron chi connectivity index (χ2n) is 5.90. The van der Waals surface area contributed by atoms with Crippen molar-refractivity contribution < 1.29 is 24.5 Å². The molecule has 0 spiro atoms. The molecule has 0 bridgehead atoms. The van der Waals surface area contributed by atoms with E-state index in [1.54, 1.807) is 12.4 Å². The quantitative estimate of drug-likeness (QED) is 0.573. The zero-order valence-corrected chi connectivity index (χ0v) is 15.8. The Morgan fingerprint density at radius 2 is 2.00 bits per heavy atom. The topological polar surface area (TPSA) is 103 Å². The number of carbonyl (C=O) groups is 2. The maximum atomic E-state index is 9.55. The van der Waals surface area contributed by atoms with Crippen molar-refractivity contribution in [1.29, 1.82) is 0 Å². The summed E-state index contributed by atoms with van der Waals surface area (Å²) in [7, 11) is 6.16. The van der Waals surface area contributed by atoms with Crippen molar-refractivity contribution in [1.82, 2.24) is 14.8 Å². The summed E-state index contributed by atoms with van der Waals surface area (Å²) in [4.78, 5) is 28.3. The van der Waals surface area contributed by atoms with E-state index in [4.69, 9.17) is 27.2 Å². The Hall–Kier alpha value is -2.52. The van der Waals surface area contributed by atoms with Gasteiger partial charge in [0, 0.05) is 38.1 Å². The maximum absolute atomic E-state index is 9.55. The first-order valence-corrected chi connectivity index (χ1v) is 8.26. The van der Waals surface area contributed by atoms with Crippen LogP contribution in [0.4, 0.5) is 0 Å². The summed E-state index contributed by atoms with van der Waals surface area (Å²) < 4.78 is 6.05. The largest absolute Gasteiger partial charge is 0.488 e. The summed E-state index contributed by atoms with van der Waals surface area (Å²) in [5, 5.41) is 15.6. The van der Waals surface area contributed by atoms with Gasteiger partial charge < -0.3 is 24.7 Å². The fourth-order valence-electron chi connectivity index (χ4n) is 2.15. The molecule has 142 valence electrons. The SMILES string of the molecule is CN(C)CCC1CN(C)C(=S)c2cnccc2O1.O=C(O)C=CC(=O)O. The Bertz CT molecular complexity index is 662. The van der Waals surface area contributed by atoms with Gasteiger partial charge in [-0.15, -0.1) is 0 Å². The van der Waals surface area contributed by atoms with Gasteiger partial charge in [0.2, 0.25) is 0 Å². The van der Waals surface area contributed by atoms with Gasteiger partial charge in [-0.2, -0.15) is 0 Å². The van der Waals surface area contributed by atoms with Crippen LogP contribution in [0, 0.1) is 0 Å². The molecule has 0 amide bonds. The van der Waals surface area contributed by atoms with Crippen LogP contribution in [-0.4, -0.2) is 82.3 Å². The molecule has 1 aliphatic heterocycles. The van der Waals surface area contributed by atoms with Crippen molar-refractivity contribution in [2.45, 2.75) is 12.5 Å². The molecule has 9 heteroatoms. The molecule has 26 heavy (non-hydrogen) atoms. The minimum atomic E-state index is -1.26. The molecule has 2 rings (SSSR count). The number of hydrogen-bond donors (Lipinski definition) is 2. The van der Waals surface area contributed by atoms with Gasteiger partial charge in [-0.25, -0.2) is 9.59 Å². The Labute approximate surface area is 157 Å². The molecule has 0 radical (unpaired) electrons. The van der Waals surface area contributed by atoms with Crippen LogP contribution >= 0.6 is 12.2 Å². The number of likely N-dealkylation sites (N-methyl/N-ethyl adjacent to an activating group) is 1. The van der Waals surface area contributed by atoms with E-state index in [-0.39, 0.29) is 6.10 Å². The third kappa shape index (κ3) is 7.58. The number of thiocarbonyl (C=S) groups is 1. The molecule has 0 saturated heterocycles. The first-order chi connectivity index (χ1) is 12.2. The minimum absolute atomic E-state index is 0.166. The number of hydrogen-bond acceptors (Lipinski definition) is 6. The van der Waals surface area contributed by atoms with Crippen LogP contribution in [0.25, 0.3) is 0 Å². The Morgan fingerprint density at radius 3 is 2.54 bits per heavy atom. The number of aromatic nitrogens is 1. The lowest BCUT2D eigenvalue weighted by Crippen LogP contribution is -2.35. The molecule has 0 aliphatic carbocycles. The number of ether oxygens (including phenoxy) is 1. The van der Waals surface area contributed by atoms with Gasteiger partial charge in [0.05, 0.1) is 12.1 Å². The van der Waals surface area contributed by atoms with Crippen LogP contribution in [0.2, 0.25) is 0 Å². The van der Waals surface area contributed by atoms with E-state index in [9.17, 15) is 9.59 Å². The van der Waals surface area contributed by atoms with Crippen LogP contribution in [0.5, 0.6) is 5.75 Å². The first kappa shape index (κ1) is 21.5. The normalized spacial score (nSPS) is 16.4. The van der Waals surface area contributed by atoms with E-state index in [0.717, 1.165) is 35.8 Å². The van der Waals surface area contributed by atoms with E-state index in [0.29, 0.717) is 12.2 Å². The molecule has 1 aromatic heterocycles. The van der Waals surface area contributed by atoms with Crippen molar-refractivity contribution in [3.8, 4) is 5.75 Å². The van der Waals surface area contributed by atoms with Crippen LogP contribution in [-0.2, 0) is 9.59 Å². The van der Waals surface area contributed by atoms with Crippen LogP contribution in [0.15, 0.2) is 30.6 Å². The van der Waals surface area contributed by atoms with Gasteiger partial charge in [-0.1, -0.05) is 12.2 Å². The molecule has 0 aromatic carbocycles. The van der Waals surface area contributed by atoms with Crippen LogP contribution in [0.3, 0.4) is 0 Å². The molecule has 1 aromatic rings. The third-order valence-electron chi connectivity index (χ3n) is 3.40. The molecule has 2 N–H and O–H groups in total. The highest BCUT2D eigenvalue weighted by Gasteiger charge is 2.24. The third-order valence-corrected chi connectivity index (χ3v) is 3.93. The number of carboxylic acid groups (broad SMARTS) is 2. The molecule has 0 fully saturated rings. The Morgan fingerprint density at radius 1 is 1.38 bits per heavy atom. The summed E-state index contributed by atoms with van der Waals surface area (Å²) in [5.74, 6) is -1.66. The van der Waals surface area contributed by atoms with Crippen LogP contribution in [0.1, 0.15) is 12.0 Å². The van der Waals surface area contributed by atoms with Gasteiger partial charge in [0.15, 0.2) is 0 Å². The molecular weight excluding hydrogens is 358 g/mol. The van der Waals surface area contributed by atoms with Crippen molar-refractivity contribution in [3.05, 3.63) is 36.2 Å². The second kappa shape index (κ2) is 10.5. The zero-order chi connectivity index (χ0) is 19.7. The minimum Gasteiger partial charge on any atom is -0.488 e. The number of nitrogens with zero attached hydrogens (tertiary/aromatic N) is 3.